The number of carbonyl (C=O) groups excluding carboxylic acids is 2. The van der Waals surface area contributed by atoms with Crippen LogP contribution in [0.15, 0.2) is 54.6 Å². The second-order valence-corrected chi connectivity index (χ2v) is 6.38. The third kappa shape index (κ3) is 3.65. The molecule has 130 valence electrons. The first-order chi connectivity index (χ1) is 12.1. The molecule has 5 heteroatoms. The largest absolute Gasteiger partial charge is 0.352 e. The van der Waals surface area contributed by atoms with E-state index in [-0.39, 0.29) is 24.4 Å². The standard InChI is InChI=1S/C20H23N3O2/c1-14-19(16-8-3-2-4-9-16)17-10-6-5-7-15(17)11-12-23(14)18(24)13-22-20(21)25/h2-10,14,19H,11-13H2,1H3,(H3,21,22,25)/t14-,19+/m0/s1. The van der Waals surface area contributed by atoms with E-state index in [1.807, 2.05) is 35.2 Å². The van der Waals surface area contributed by atoms with Crippen molar-refractivity contribution in [1.29, 1.82) is 0 Å². The second-order valence-electron chi connectivity index (χ2n) is 6.38. The van der Waals surface area contributed by atoms with Gasteiger partial charge in [-0.05, 0) is 30.0 Å². The molecule has 0 bridgehead atoms. The highest BCUT2D eigenvalue weighted by molar-refractivity contribution is 5.83. The minimum atomic E-state index is -0.682. The van der Waals surface area contributed by atoms with Gasteiger partial charge in [0, 0.05) is 18.5 Å². The summed E-state index contributed by atoms with van der Waals surface area (Å²) in [4.78, 5) is 25.4. The van der Waals surface area contributed by atoms with Gasteiger partial charge in [0.15, 0.2) is 0 Å². The number of fused-ring (bicyclic) bond motifs is 1. The Morgan fingerprint density at radius 2 is 1.80 bits per heavy atom. The molecule has 0 aromatic heterocycles. The summed E-state index contributed by atoms with van der Waals surface area (Å²) in [6.45, 7) is 2.63. The molecule has 3 N–H and O–H groups in total. The van der Waals surface area contributed by atoms with Gasteiger partial charge >= 0.3 is 6.03 Å². The Labute approximate surface area is 147 Å². The van der Waals surface area contributed by atoms with Crippen LogP contribution >= 0.6 is 0 Å². The lowest BCUT2D eigenvalue weighted by Crippen LogP contribution is -2.47. The van der Waals surface area contributed by atoms with Crippen LogP contribution in [-0.4, -0.2) is 36.0 Å². The topological polar surface area (TPSA) is 75.4 Å². The normalized spacial score (nSPS) is 19.6. The SMILES string of the molecule is C[C@H]1[C@H](c2ccccc2)c2ccccc2CCN1C(=O)CNC(N)=O. The van der Waals surface area contributed by atoms with Crippen molar-refractivity contribution in [3.63, 3.8) is 0 Å². The first kappa shape index (κ1) is 17.0. The molecule has 0 saturated carbocycles. The monoisotopic (exact) mass is 337 g/mol. The molecule has 0 saturated heterocycles. The molecule has 2 aromatic carbocycles. The summed E-state index contributed by atoms with van der Waals surface area (Å²) in [5, 5.41) is 2.41. The summed E-state index contributed by atoms with van der Waals surface area (Å²) in [5.41, 5.74) is 8.82. The van der Waals surface area contributed by atoms with E-state index in [0.717, 1.165) is 6.42 Å². The van der Waals surface area contributed by atoms with Crippen LogP contribution in [0.2, 0.25) is 0 Å². The van der Waals surface area contributed by atoms with Gasteiger partial charge in [0.2, 0.25) is 5.91 Å². The zero-order valence-electron chi connectivity index (χ0n) is 14.3. The fourth-order valence-corrected chi connectivity index (χ4v) is 3.68. The van der Waals surface area contributed by atoms with Gasteiger partial charge in [0.05, 0.1) is 6.54 Å². The molecule has 0 unspecified atom stereocenters. The number of hydrogen-bond donors (Lipinski definition) is 2. The molecule has 2 atom stereocenters. The van der Waals surface area contributed by atoms with Crippen LogP contribution in [0.25, 0.3) is 0 Å². The maximum absolute atomic E-state index is 12.6. The fraction of sp³-hybridized carbons (Fsp3) is 0.300. The predicted molar refractivity (Wildman–Crippen MR) is 97.2 cm³/mol. The van der Waals surface area contributed by atoms with Gasteiger partial charge < -0.3 is 16.0 Å². The molecule has 0 aliphatic carbocycles. The first-order valence-electron chi connectivity index (χ1n) is 8.53. The van der Waals surface area contributed by atoms with Crippen LogP contribution in [0, 0.1) is 0 Å². The van der Waals surface area contributed by atoms with Gasteiger partial charge in [0.25, 0.3) is 0 Å². The van der Waals surface area contributed by atoms with Crippen molar-refractivity contribution in [3.8, 4) is 0 Å². The van der Waals surface area contributed by atoms with Crippen molar-refractivity contribution in [2.75, 3.05) is 13.1 Å². The number of hydrogen-bond acceptors (Lipinski definition) is 2. The summed E-state index contributed by atoms with van der Waals surface area (Å²) in [5.74, 6) is -0.0162. The Morgan fingerprint density at radius 3 is 2.52 bits per heavy atom. The van der Waals surface area contributed by atoms with E-state index < -0.39 is 6.03 Å². The molecular weight excluding hydrogens is 314 g/mol. The third-order valence-electron chi connectivity index (χ3n) is 4.88. The molecule has 0 radical (unpaired) electrons. The van der Waals surface area contributed by atoms with Gasteiger partial charge in [-0.25, -0.2) is 4.79 Å². The number of nitrogens with two attached hydrogens (primary N) is 1. The summed E-state index contributed by atoms with van der Waals surface area (Å²) in [6, 6.07) is 17.9. The smallest absolute Gasteiger partial charge is 0.312 e. The van der Waals surface area contributed by atoms with E-state index in [2.05, 4.69) is 36.5 Å². The molecule has 5 nitrogen and oxygen atoms in total. The van der Waals surface area contributed by atoms with Gasteiger partial charge in [0.1, 0.15) is 0 Å². The Balaban J connectivity index is 1.96. The molecule has 1 aliphatic heterocycles. The summed E-state index contributed by atoms with van der Waals surface area (Å²) in [7, 11) is 0. The number of benzene rings is 2. The summed E-state index contributed by atoms with van der Waals surface area (Å²) in [6.07, 6.45) is 0.798. The molecule has 3 rings (SSSR count). The predicted octanol–water partition coefficient (Wildman–Crippen LogP) is 2.26. The Kier molecular flexibility index (Phi) is 5.03. The lowest BCUT2D eigenvalue weighted by atomic mass is 9.83. The highest BCUT2D eigenvalue weighted by Gasteiger charge is 2.33. The highest BCUT2D eigenvalue weighted by Crippen LogP contribution is 2.35. The van der Waals surface area contributed by atoms with E-state index in [9.17, 15) is 9.59 Å². The quantitative estimate of drug-likeness (QED) is 0.901. The van der Waals surface area contributed by atoms with Crippen LogP contribution in [0.1, 0.15) is 29.5 Å². The van der Waals surface area contributed by atoms with Crippen LogP contribution in [0.4, 0.5) is 4.79 Å². The van der Waals surface area contributed by atoms with Crippen LogP contribution in [0.3, 0.4) is 0 Å². The molecule has 1 aliphatic rings. The van der Waals surface area contributed by atoms with Crippen molar-refractivity contribution < 1.29 is 9.59 Å². The van der Waals surface area contributed by atoms with Crippen molar-refractivity contribution >= 4 is 11.9 Å². The van der Waals surface area contributed by atoms with Gasteiger partial charge in [-0.1, -0.05) is 54.6 Å². The van der Waals surface area contributed by atoms with Gasteiger partial charge in [-0.15, -0.1) is 0 Å². The number of urea groups is 1. The van der Waals surface area contributed by atoms with Gasteiger partial charge in [-0.2, -0.15) is 0 Å². The van der Waals surface area contributed by atoms with Crippen molar-refractivity contribution in [2.45, 2.75) is 25.3 Å². The van der Waals surface area contributed by atoms with Crippen LogP contribution in [0.5, 0.6) is 0 Å². The maximum atomic E-state index is 12.6. The van der Waals surface area contributed by atoms with Crippen LogP contribution < -0.4 is 11.1 Å². The van der Waals surface area contributed by atoms with Crippen molar-refractivity contribution in [3.05, 3.63) is 71.3 Å². The molecule has 3 amide bonds. The Morgan fingerprint density at radius 1 is 1.12 bits per heavy atom. The lowest BCUT2D eigenvalue weighted by Gasteiger charge is -2.33. The Bertz CT molecular complexity index is 761. The number of rotatable bonds is 3. The second kappa shape index (κ2) is 7.38. The third-order valence-corrected chi connectivity index (χ3v) is 4.88. The molecule has 2 aromatic rings. The van der Waals surface area contributed by atoms with E-state index in [4.69, 9.17) is 5.73 Å². The number of amides is 3. The van der Waals surface area contributed by atoms with E-state index in [1.54, 1.807) is 0 Å². The number of primary amides is 1. The zero-order chi connectivity index (χ0) is 17.8. The highest BCUT2D eigenvalue weighted by atomic mass is 16.2. The summed E-state index contributed by atoms with van der Waals surface area (Å²) < 4.78 is 0. The number of carbonyl (C=O) groups is 2. The van der Waals surface area contributed by atoms with E-state index in [0.29, 0.717) is 6.54 Å². The number of nitrogens with zero attached hydrogens (tertiary/aromatic N) is 1. The zero-order valence-corrected chi connectivity index (χ0v) is 14.3. The minimum absolute atomic E-state index is 0.0202. The number of nitrogens with one attached hydrogen (secondary N) is 1. The molecular formula is C20H23N3O2. The molecule has 0 spiro atoms. The van der Waals surface area contributed by atoms with E-state index in [1.165, 1.54) is 16.7 Å². The average Bonchev–Trinajstić information content (AvgIpc) is 2.76. The Hall–Kier alpha value is -2.82. The molecule has 25 heavy (non-hydrogen) atoms. The van der Waals surface area contributed by atoms with Gasteiger partial charge in [-0.3, -0.25) is 4.79 Å². The fourth-order valence-electron chi connectivity index (χ4n) is 3.68. The molecule has 0 fully saturated rings. The lowest BCUT2D eigenvalue weighted by molar-refractivity contribution is -0.132. The van der Waals surface area contributed by atoms with Crippen molar-refractivity contribution in [1.82, 2.24) is 10.2 Å². The molecule has 1 heterocycles. The van der Waals surface area contributed by atoms with Crippen LogP contribution in [-0.2, 0) is 11.2 Å². The average molecular weight is 337 g/mol. The van der Waals surface area contributed by atoms with Crippen molar-refractivity contribution in [2.24, 2.45) is 5.73 Å². The minimum Gasteiger partial charge on any atom is -0.352 e. The maximum Gasteiger partial charge on any atom is 0.312 e. The first-order valence-corrected chi connectivity index (χ1v) is 8.53. The van der Waals surface area contributed by atoms with E-state index >= 15 is 0 Å². The summed E-state index contributed by atoms with van der Waals surface area (Å²) >= 11 is 0.